The molecule has 1 aliphatic heterocycles. The van der Waals surface area contributed by atoms with E-state index in [2.05, 4.69) is 48.0 Å². The number of fused-ring (bicyclic) bond motifs is 2. The highest BCUT2D eigenvalue weighted by atomic mass is 16.5. The number of hydrogen-bond acceptors (Lipinski definition) is 4. The maximum atomic E-state index is 13.5. The van der Waals surface area contributed by atoms with Crippen LogP contribution < -0.4 is 5.73 Å². The summed E-state index contributed by atoms with van der Waals surface area (Å²) >= 11 is 0. The fraction of sp³-hybridized carbons (Fsp3) is 0.423. The van der Waals surface area contributed by atoms with Gasteiger partial charge in [-0.2, -0.15) is 0 Å². The van der Waals surface area contributed by atoms with Crippen LogP contribution in [0.15, 0.2) is 54.7 Å². The van der Waals surface area contributed by atoms with Gasteiger partial charge in [-0.1, -0.05) is 42.5 Å². The van der Waals surface area contributed by atoms with Gasteiger partial charge in [0.2, 0.25) is 0 Å². The maximum absolute atomic E-state index is 13.5. The van der Waals surface area contributed by atoms with Crippen molar-refractivity contribution in [2.45, 2.75) is 37.8 Å². The Morgan fingerprint density at radius 1 is 1.16 bits per heavy atom. The SMILES string of the molecule is CN1C[C@](CCN)(C(=O)OCc2ccccc2)C[C@@H]2c3cccc4c3c(cn4C)C[C@H]21. The van der Waals surface area contributed by atoms with Crippen molar-refractivity contribution >= 4 is 16.9 Å². The standard InChI is InChI=1S/C26H31N3O2/c1-28-15-19-13-23-21(20-9-6-10-22(28)24(19)20)14-26(11-12-27,17-29(23)2)25(30)31-16-18-7-4-3-5-8-18/h3-10,15,21,23H,11-14,16-17,27H2,1-2H3/t21-,23-,26-/m1/s1. The number of piperidine rings is 1. The number of aromatic nitrogens is 1. The van der Waals surface area contributed by atoms with Crippen LogP contribution in [0.3, 0.4) is 0 Å². The van der Waals surface area contributed by atoms with Crippen molar-refractivity contribution in [3.8, 4) is 0 Å². The summed E-state index contributed by atoms with van der Waals surface area (Å²) in [7, 11) is 4.27. The zero-order valence-corrected chi connectivity index (χ0v) is 18.4. The van der Waals surface area contributed by atoms with Gasteiger partial charge in [-0.3, -0.25) is 4.79 Å². The Hall–Kier alpha value is -2.63. The summed E-state index contributed by atoms with van der Waals surface area (Å²) in [5, 5.41) is 1.38. The maximum Gasteiger partial charge on any atom is 0.313 e. The molecular weight excluding hydrogens is 386 g/mol. The van der Waals surface area contributed by atoms with Crippen molar-refractivity contribution in [2.24, 2.45) is 18.2 Å². The van der Waals surface area contributed by atoms with Crippen LogP contribution in [0.25, 0.3) is 10.9 Å². The van der Waals surface area contributed by atoms with Gasteiger partial charge >= 0.3 is 5.97 Å². The van der Waals surface area contributed by atoms with E-state index in [0.29, 0.717) is 38.1 Å². The fourth-order valence-electron chi connectivity index (χ4n) is 5.98. The Morgan fingerprint density at radius 3 is 2.74 bits per heavy atom. The highest BCUT2D eigenvalue weighted by molar-refractivity contribution is 5.89. The van der Waals surface area contributed by atoms with E-state index >= 15 is 0 Å². The minimum atomic E-state index is -0.576. The van der Waals surface area contributed by atoms with Crippen LogP contribution in [0.1, 0.15) is 35.4 Å². The first kappa shape index (κ1) is 20.3. The summed E-state index contributed by atoms with van der Waals surface area (Å²) in [4.78, 5) is 15.9. The second kappa shape index (κ2) is 7.81. The number of carbonyl (C=O) groups excluding carboxylic acids is 1. The molecule has 0 unspecified atom stereocenters. The predicted molar refractivity (Wildman–Crippen MR) is 123 cm³/mol. The molecule has 2 N–H and O–H groups in total. The summed E-state index contributed by atoms with van der Waals surface area (Å²) in [5.41, 5.74) is 10.5. The van der Waals surface area contributed by atoms with E-state index in [1.807, 2.05) is 30.3 Å². The molecule has 0 radical (unpaired) electrons. The zero-order valence-electron chi connectivity index (χ0n) is 18.4. The summed E-state index contributed by atoms with van der Waals surface area (Å²) in [6.07, 6.45) is 4.73. The number of likely N-dealkylation sites (N-methyl/N-ethyl adjacent to an activating group) is 1. The highest BCUT2D eigenvalue weighted by Crippen LogP contribution is 2.49. The first-order chi connectivity index (χ1) is 15.0. The number of rotatable bonds is 5. The zero-order chi connectivity index (χ0) is 21.6. The number of ether oxygens (including phenoxy) is 1. The van der Waals surface area contributed by atoms with Gasteiger partial charge in [-0.15, -0.1) is 0 Å². The number of likely N-dealkylation sites (tertiary alicyclic amines) is 1. The molecule has 5 heteroatoms. The molecule has 1 fully saturated rings. The molecule has 0 spiro atoms. The van der Waals surface area contributed by atoms with Gasteiger partial charge in [0.15, 0.2) is 0 Å². The van der Waals surface area contributed by atoms with Crippen LogP contribution >= 0.6 is 0 Å². The van der Waals surface area contributed by atoms with E-state index in [-0.39, 0.29) is 5.97 Å². The molecule has 5 nitrogen and oxygen atoms in total. The Bertz CT molecular complexity index is 1110. The average molecular weight is 418 g/mol. The van der Waals surface area contributed by atoms with Crippen LogP contribution in [0.2, 0.25) is 0 Å². The van der Waals surface area contributed by atoms with E-state index in [4.69, 9.17) is 10.5 Å². The topological polar surface area (TPSA) is 60.5 Å². The van der Waals surface area contributed by atoms with Gasteiger partial charge in [0.25, 0.3) is 0 Å². The Kier molecular flexibility index (Phi) is 5.11. The van der Waals surface area contributed by atoms with Crippen molar-refractivity contribution in [1.29, 1.82) is 0 Å². The molecule has 5 rings (SSSR count). The molecule has 0 saturated carbocycles. The quantitative estimate of drug-likeness (QED) is 0.645. The number of nitrogens with zero attached hydrogens (tertiary/aromatic N) is 2. The highest BCUT2D eigenvalue weighted by Gasteiger charge is 2.50. The minimum Gasteiger partial charge on any atom is -0.460 e. The Balaban J connectivity index is 1.48. The lowest BCUT2D eigenvalue weighted by atomic mass is 9.65. The van der Waals surface area contributed by atoms with Gasteiger partial charge in [-0.25, -0.2) is 0 Å². The van der Waals surface area contributed by atoms with Gasteiger partial charge in [-0.05, 0) is 55.6 Å². The first-order valence-corrected chi connectivity index (χ1v) is 11.2. The number of aryl methyl sites for hydroxylation is 1. The molecular formula is C26H31N3O2. The third-order valence-electron chi connectivity index (χ3n) is 7.42. The fourth-order valence-corrected chi connectivity index (χ4v) is 5.98. The molecule has 3 atom stereocenters. The molecule has 1 aliphatic carbocycles. The lowest BCUT2D eigenvalue weighted by Crippen LogP contribution is -2.56. The van der Waals surface area contributed by atoms with E-state index < -0.39 is 5.41 Å². The molecule has 31 heavy (non-hydrogen) atoms. The molecule has 0 bridgehead atoms. The normalized spacial score (nSPS) is 25.4. The van der Waals surface area contributed by atoms with Crippen LogP contribution in [0.5, 0.6) is 0 Å². The lowest BCUT2D eigenvalue weighted by Gasteiger charge is -2.50. The van der Waals surface area contributed by atoms with Crippen LogP contribution in [0.4, 0.5) is 0 Å². The van der Waals surface area contributed by atoms with Crippen LogP contribution in [0, 0.1) is 5.41 Å². The number of carbonyl (C=O) groups is 1. The van der Waals surface area contributed by atoms with Crippen LogP contribution in [-0.4, -0.2) is 41.6 Å². The van der Waals surface area contributed by atoms with Crippen LogP contribution in [-0.2, 0) is 29.6 Å². The number of esters is 1. The van der Waals surface area contributed by atoms with Gasteiger partial charge in [0.05, 0.1) is 5.41 Å². The molecule has 1 saturated heterocycles. The summed E-state index contributed by atoms with van der Waals surface area (Å²) in [5.74, 6) is 0.186. The van der Waals surface area contributed by atoms with Crippen molar-refractivity contribution < 1.29 is 9.53 Å². The second-order valence-electron chi connectivity index (χ2n) is 9.38. The van der Waals surface area contributed by atoms with Crippen molar-refractivity contribution in [1.82, 2.24) is 9.47 Å². The average Bonchev–Trinajstić information content (AvgIpc) is 3.10. The summed E-state index contributed by atoms with van der Waals surface area (Å²) in [6.45, 7) is 1.48. The Labute approximate surface area is 183 Å². The van der Waals surface area contributed by atoms with Gasteiger partial charge < -0.3 is 19.9 Å². The minimum absolute atomic E-state index is 0.113. The van der Waals surface area contributed by atoms with Crippen molar-refractivity contribution in [3.63, 3.8) is 0 Å². The van der Waals surface area contributed by atoms with E-state index in [9.17, 15) is 4.79 Å². The smallest absolute Gasteiger partial charge is 0.313 e. The van der Waals surface area contributed by atoms with Gasteiger partial charge in [0, 0.05) is 42.7 Å². The number of nitrogens with two attached hydrogens (primary N) is 1. The van der Waals surface area contributed by atoms with Crippen molar-refractivity contribution in [2.75, 3.05) is 20.1 Å². The third kappa shape index (κ3) is 3.36. The second-order valence-corrected chi connectivity index (χ2v) is 9.38. The summed E-state index contributed by atoms with van der Waals surface area (Å²) in [6, 6.07) is 16.9. The Morgan fingerprint density at radius 2 is 1.97 bits per heavy atom. The molecule has 1 aromatic heterocycles. The van der Waals surface area contributed by atoms with Crippen molar-refractivity contribution in [3.05, 3.63) is 71.4 Å². The largest absolute Gasteiger partial charge is 0.460 e. The summed E-state index contributed by atoms with van der Waals surface area (Å²) < 4.78 is 8.10. The van der Waals surface area contributed by atoms with Gasteiger partial charge in [0.1, 0.15) is 6.61 Å². The lowest BCUT2D eigenvalue weighted by molar-refractivity contribution is -0.163. The number of hydrogen-bond donors (Lipinski definition) is 1. The van der Waals surface area contributed by atoms with E-state index in [1.54, 1.807) is 0 Å². The molecule has 2 aliphatic rings. The monoisotopic (exact) mass is 417 g/mol. The van der Waals surface area contributed by atoms with E-state index in [0.717, 1.165) is 18.4 Å². The molecule has 162 valence electrons. The molecule has 2 aromatic carbocycles. The molecule has 3 aromatic rings. The predicted octanol–water partition coefficient (Wildman–Crippen LogP) is 3.60. The molecule has 2 heterocycles. The van der Waals surface area contributed by atoms with E-state index in [1.165, 1.54) is 22.0 Å². The third-order valence-corrected chi connectivity index (χ3v) is 7.42. The number of benzene rings is 2. The molecule has 0 amide bonds. The first-order valence-electron chi connectivity index (χ1n) is 11.2.